The van der Waals surface area contributed by atoms with Crippen LogP contribution in [0.5, 0.6) is 0 Å². The van der Waals surface area contributed by atoms with E-state index >= 15 is 0 Å². The van der Waals surface area contributed by atoms with E-state index in [2.05, 4.69) is 101 Å². The van der Waals surface area contributed by atoms with E-state index in [0.29, 0.717) is 12.8 Å². The van der Waals surface area contributed by atoms with E-state index in [-0.39, 0.29) is 40.3 Å². The fraction of sp³-hybridized carbons (Fsp3) is 0.759. The van der Waals surface area contributed by atoms with Gasteiger partial charge >= 0.3 is 18.3 Å². The lowest BCUT2D eigenvalue weighted by molar-refractivity contribution is -0.228. The molecule has 0 amide bonds. The van der Waals surface area contributed by atoms with E-state index in [9.17, 15) is 35.1 Å². The van der Waals surface area contributed by atoms with Crippen molar-refractivity contribution in [3.05, 3.63) is 0 Å². The van der Waals surface area contributed by atoms with Crippen LogP contribution in [0.4, 0.5) is 35.1 Å². The molecule has 2 aliphatic heterocycles. The molecule has 0 aliphatic carbocycles. The molecule has 3 unspecified atom stereocenters. The van der Waals surface area contributed by atoms with Gasteiger partial charge in [-0.1, -0.05) is 59.2 Å². The van der Waals surface area contributed by atoms with Crippen LogP contribution in [0.15, 0.2) is 0 Å². The molecule has 71 heavy (non-hydrogen) atoms. The zero-order valence-electron chi connectivity index (χ0n) is 47.9. The van der Waals surface area contributed by atoms with E-state index in [4.69, 9.17) is 31.8 Å². The summed E-state index contributed by atoms with van der Waals surface area (Å²) in [4.78, 5) is 0. The van der Waals surface area contributed by atoms with Crippen LogP contribution in [-0.2, 0) is 9.47 Å². The molecule has 0 aromatic rings. The number of halogens is 8. The maximum absolute atomic E-state index is 13.1. The van der Waals surface area contributed by atoms with Crippen molar-refractivity contribution >= 4 is 0 Å². The molecule has 2 fully saturated rings. The van der Waals surface area contributed by atoms with Crippen molar-refractivity contribution in [2.24, 2.45) is 55.5 Å². The first-order chi connectivity index (χ1) is 30.8. The Labute approximate surface area is 427 Å². The average Bonchev–Trinajstić information content (AvgIpc) is 3.05. The molecule has 0 spiro atoms. The first-order valence-corrected chi connectivity index (χ1v) is 23.3. The number of hydrogen-bond acceptors (Lipinski definition) is 5. The van der Waals surface area contributed by atoms with Crippen LogP contribution in [0.3, 0.4) is 0 Å². The van der Waals surface area contributed by atoms with Gasteiger partial charge in [0.1, 0.15) is 6.10 Å². The van der Waals surface area contributed by atoms with Crippen molar-refractivity contribution in [2.45, 2.75) is 209 Å². The molecule has 2 saturated heterocycles. The minimum Gasteiger partial charge on any atom is -0.381 e. The highest BCUT2D eigenvalue weighted by molar-refractivity contribution is 5.22. The third kappa shape index (κ3) is 52.3. The van der Waals surface area contributed by atoms with Gasteiger partial charge in [0.2, 0.25) is 5.60 Å². The minimum atomic E-state index is -4.70. The van der Waals surface area contributed by atoms with Crippen LogP contribution in [0.2, 0.25) is 0 Å². The van der Waals surface area contributed by atoms with E-state index in [1.807, 2.05) is 87.0 Å². The molecule has 3 atom stereocenters. The van der Waals surface area contributed by atoms with E-state index in [1.54, 1.807) is 48.5 Å². The fourth-order valence-corrected chi connectivity index (χ4v) is 2.92. The minimum absolute atomic E-state index is 0.0109. The molecule has 0 aromatic heterocycles. The highest BCUT2D eigenvalue weighted by atomic mass is 19.4. The quantitative estimate of drug-likeness (QED) is 0.180. The van der Waals surface area contributed by atoms with E-state index in [1.165, 1.54) is 0 Å². The van der Waals surface area contributed by atoms with Crippen LogP contribution < -0.4 is 5.73 Å². The van der Waals surface area contributed by atoms with Gasteiger partial charge in [0, 0.05) is 37.9 Å². The monoisotopic (exact) mass is 1020 g/mol. The van der Waals surface area contributed by atoms with Crippen molar-refractivity contribution in [1.82, 2.24) is 0 Å². The largest absolute Gasteiger partial charge is 0.428 e. The molecule has 2 rings (SSSR count). The summed E-state index contributed by atoms with van der Waals surface area (Å²) in [6, 6.07) is 0. The zero-order chi connectivity index (χ0) is 58.2. The third-order valence-electron chi connectivity index (χ3n) is 7.15. The first-order valence-electron chi connectivity index (χ1n) is 23.3. The van der Waals surface area contributed by atoms with Gasteiger partial charge in [-0.3, -0.25) is 0 Å². The number of rotatable bonds is 1. The van der Waals surface area contributed by atoms with Crippen LogP contribution >= 0.6 is 0 Å². The Morgan fingerprint density at radius 3 is 1.00 bits per heavy atom. The number of alkyl halides is 8. The predicted molar refractivity (Wildman–Crippen MR) is 278 cm³/mol. The lowest BCUT2D eigenvalue weighted by Crippen LogP contribution is -2.49. The number of ether oxygens (including phenoxy) is 2. The Morgan fingerprint density at radius 1 is 0.479 bits per heavy atom. The summed E-state index contributed by atoms with van der Waals surface area (Å²) < 4.78 is 109. The van der Waals surface area contributed by atoms with Crippen LogP contribution in [0, 0.1) is 133 Å². The molecule has 0 aromatic carbocycles. The molecule has 2 heterocycles. The topological polar surface area (TPSA) is 84.9 Å². The van der Waals surface area contributed by atoms with Crippen molar-refractivity contribution < 1.29 is 54.8 Å². The number of aliphatic hydroxyl groups excluding tert-OH is 1. The lowest BCUT2D eigenvalue weighted by Gasteiger charge is -2.30. The van der Waals surface area contributed by atoms with E-state index < -0.39 is 52.3 Å². The van der Waals surface area contributed by atoms with Gasteiger partial charge in [-0.2, -0.15) is 35.1 Å². The molecule has 2 aliphatic rings. The van der Waals surface area contributed by atoms with Gasteiger partial charge < -0.3 is 25.4 Å². The number of hydrogen-bond donors (Lipinski definition) is 3. The summed E-state index contributed by atoms with van der Waals surface area (Å²) in [5, 5.41) is 17.7. The van der Waals surface area contributed by atoms with Crippen molar-refractivity contribution in [2.75, 3.05) is 26.4 Å². The maximum Gasteiger partial charge on any atom is 0.428 e. The van der Waals surface area contributed by atoms with Gasteiger partial charge in [0.15, 0.2) is 5.54 Å². The molecule has 13 heteroatoms. The SMILES string of the molecule is C#CC(C)(C)C.CC#CC(C)(C)C.CC(C)(C)C#CC(C)(N)C(F)(F)F.CC(C)(C)C#CC(C)(O)C(F)(F)F.CC(C)(C)C#CC(F)(F)C1COC1.CC(C)(C)C#CC1COC1.CC(O)C#CC(C)(C)C. The molecule has 408 valence electrons. The first kappa shape index (κ1) is 76.1. The van der Waals surface area contributed by atoms with Crippen molar-refractivity contribution in [3.8, 4) is 83.4 Å². The normalized spacial score (nSPS) is 16.0. The lowest BCUT2D eigenvalue weighted by atomic mass is 9.94. The second kappa shape index (κ2) is 30.4. The molecule has 0 bridgehead atoms. The van der Waals surface area contributed by atoms with Crippen LogP contribution in [0.25, 0.3) is 0 Å². The summed E-state index contributed by atoms with van der Waals surface area (Å²) in [6.07, 6.45) is -4.62. The van der Waals surface area contributed by atoms with Gasteiger partial charge in [-0.25, -0.2) is 0 Å². The van der Waals surface area contributed by atoms with Crippen molar-refractivity contribution in [1.29, 1.82) is 0 Å². The van der Waals surface area contributed by atoms with Gasteiger partial charge in [0.25, 0.3) is 0 Å². The highest BCUT2D eigenvalue weighted by Gasteiger charge is 2.49. The summed E-state index contributed by atoms with van der Waals surface area (Å²) in [5.74, 6) is 30.7. The fourth-order valence-electron chi connectivity index (χ4n) is 2.92. The maximum atomic E-state index is 13.1. The second-order valence-corrected chi connectivity index (χ2v) is 24.6. The van der Waals surface area contributed by atoms with Gasteiger partial charge in [-0.05, 0) is 179 Å². The second-order valence-electron chi connectivity index (χ2n) is 24.6. The van der Waals surface area contributed by atoms with Crippen LogP contribution in [0.1, 0.15) is 173 Å². The number of aliphatic hydroxyl groups is 2. The summed E-state index contributed by atoms with van der Waals surface area (Å²) in [5.41, 5.74) is -1.29. The Kier molecular flexibility index (Phi) is 32.6. The van der Waals surface area contributed by atoms with Gasteiger partial charge in [-0.15, -0.1) is 18.3 Å². The number of nitrogens with two attached hydrogens (primary N) is 1. The van der Waals surface area contributed by atoms with E-state index in [0.717, 1.165) is 20.1 Å². The number of terminal acetylenes is 1. The van der Waals surface area contributed by atoms with Crippen molar-refractivity contribution in [3.63, 3.8) is 0 Å². The Bertz CT molecular complexity index is 1920. The highest BCUT2D eigenvalue weighted by Crippen LogP contribution is 2.31. The molecular weight excluding hydrogens is 927 g/mol. The molecule has 0 saturated carbocycles. The Balaban J connectivity index is -0.000000242. The third-order valence-corrected chi connectivity index (χ3v) is 7.15. The molecular formula is C58H91F8NO4. The summed E-state index contributed by atoms with van der Waals surface area (Å²) >= 11 is 0. The zero-order valence-corrected chi connectivity index (χ0v) is 47.9. The average molecular weight is 1020 g/mol. The summed E-state index contributed by atoms with van der Waals surface area (Å²) in [7, 11) is 0. The predicted octanol–water partition coefficient (Wildman–Crippen LogP) is 13.8. The van der Waals surface area contributed by atoms with Crippen LogP contribution in [-0.4, -0.2) is 72.2 Å². The Morgan fingerprint density at radius 2 is 0.803 bits per heavy atom. The molecule has 4 N–H and O–H groups in total. The molecule has 0 radical (unpaired) electrons. The Hall–Kier alpha value is -3.84. The summed E-state index contributed by atoms with van der Waals surface area (Å²) in [6.45, 7) is 47.4. The standard InChI is InChI=1S/C10H14F2O.C9H14F3N.C9H13F3O.C9H14O.C8H14O.C7H12.C6H10/c1-9(2,3)4-5-10(11,12)8-6-13-7-8;2*1-7(2,3)5-6-8(4,13)9(10,11)12;1-9(2,3)5-4-8-6-10-7-8;1-7(9)5-6-8(2,3)4;1-5-6-7(2,3)4;1-5-6(2,3)4/h8H,6-7H2,1-3H3;13H2,1-4H3;13H,1-4H3;8H,6-7H2,1-3H3;7,9H,1-4H3;1-4H3;1H,2-4H3. The smallest absolute Gasteiger partial charge is 0.381 e. The van der Waals surface area contributed by atoms with Gasteiger partial charge in [0.05, 0.1) is 38.3 Å². The molecule has 5 nitrogen and oxygen atoms in total.